The molecular formula is C22H39IN4O3. The topological polar surface area (TPSA) is 95.0 Å². The number of aliphatic hydroxyl groups excluding tert-OH is 1. The van der Waals surface area contributed by atoms with Gasteiger partial charge in [-0.2, -0.15) is 0 Å². The molecule has 1 rings (SSSR count). The minimum atomic E-state index is -0.536. The highest BCUT2D eigenvalue weighted by atomic mass is 127. The van der Waals surface area contributed by atoms with Crippen LogP contribution in [0.3, 0.4) is 0 Å². The fourth-order valence-corrected chi connectivity index (χ4v) is 2.66. The highest BCUT2D eigenvalue weighted by molar-refractivity contribution is 14.0. The molecule has 4 N–H and O–H groups in total. The molecule has 0 radical (unpaired) electrons. The lowest BCUT2D eigenvalue weighted by molar-refractivity contribution is 0.0491. The van der Waals surface area contributed by atoms with E-state index in [1.54, 1.807) is 0 Å². The number of alkyl carbamates (subject to hydrolysis) is 1. The number of hydrogen-bond acceptors (Lipinski definition) is 4. The van der Waals surface area contributed by atoms with E-state index < -0.39 is 11.7 Å². The Morgan fingerprint density at radius 1 is 1.17 bits per heavy atom. The van der Waals surface area contributed by atoms with Gasteiger partial charge in [-0.1, -0.05) is 44.2 Å². The zero-order valence-corrected chi connectivity index (χ0v) is 21.4. The molecular weight excluding hydrogens is 495 g/mol. The number of carbonyl (C=O) groups excluding carboxylic acids is 1. The van der Waals surface area contributed by atoms with Crippen LogP contribution in [0.4, 0.5) is 4.79 Å². The fourth-order valence-electron chi connectivity index (χ4n) is 2.66. The Morgan fingerprint density at radius 2 is 1.80 bits per heavy atom. The van der Waals surface area contributed by atoms with Crippen LogP contribution in [-0.2, 0) is 4.74 Å². The van der Waals surface area contributed by atoms with Gasteiger partial charge in [-0.25, -0.2) is 4.79 Å². The minimum absolute atomic E-state index is 0. The molecule has 2 atom stereocenters. The number of rotatable bonds is 9. The number of hydrogen-bond donors (Lipinski definition) is 4. The fraction of sp³-hybridized carbons (Fsp3) is 0.636. The second kappa shape index (κ2) is 14.5. The molecule has 8 heteroatoms. The smallest absolute Gasteiger partial charge is 0.407 e. The van der Waals surface area contributed by atoms with Crippen LogP contribution < -0.4 is 16.0 Å². The number of benzene rings is 1. The van der Waals surface area contributed by atoms with Gasteiger partial charge < -0.3 is 25.8 Å². The number of aliphatic imine (C=N–C) groups is 1. The molecule has 7 nitrogen and oxygen atoms in total. The number of carbonyl (C=O) groups is 1. The van der Waals surface area contributed by atoms with E-state index in [9.17, 15) is 9.90 Å². The summed E-state index contributed by atoms with van der Waals surface area (Å²) in [6.07, 6.45) is -0.427. The number of nitrogens with zero attached hydrogens (tertiary/aromatic N) is 1. The van der Waals surface area contributed by atoms with Gasteiger partial charge in [-0.15, -0.1) is 24.0 Å². The summed E-state index contributed by atoms with van der Waals surface area (Å²) in [6.45, 7) is 13.3. The molecule has 0 aliphatic carbocycles. The van der Waals surface area contributed by atoms with Crippen LogP contribution >= 0.6 is 24.0 Å². The lowest BCUT2D eigenvalue weighted by Gasteiger charge is -2.26. The molecule has 0 fully saturated rings. The number of ether oxygens (including phenoxy) is 1. The maximum absolute atomic E-state index is 12.1. The van der Waals surface area contributed by atoms with Crippen LogP contribution in [0.5, 0.6) is 0 Å². The van der Waals surface area contributed by atoms with E-state index in [1.165, 1.54) is 0 Å². The number of aliphatic hydroxyl groups is 1. The molecule has 0 saturated carbocycles. The first-order valence-electron chi connectivity index (χ1n) is 10.3. The van der Waals surface area contributed by atoms with Crippen LogP contribution in [0, 0.1) is 5.92 Å². The number of halogens is 1. The molecule has 2 unspecified atom stereocenters. The Kier molecular flexibility index (Phi) is 13.7. The van der Waals surface area contributed by atoms with E-state index in [2.05, 4.69) is 20.9 Å². The van der Waals surface area contributed by atoms with Crippen LogP contribution in [-0.4, -0.2) is 55.0 Å². The van der Waals surface area contributed by atoms with Gasteiger partial charge in [0.05, 0.1) is 19.2 Å². The van der Waals surface area contributed by atoms with Crippen LogP contribution in [0.25, 0.3) is 0 Å². The van der Waals surface area contributed by atoms with Crippen LogP contribution in [0.1, 0.15) is 53.0 Å². The third kappa shape index (κ3) is 11.6. The molecule has 0 heterocycles. The molecule has 1 amide bonds. The van der Waals surface area contributed by atoms with Gasteiger partial charge in [-0.05, 0) is 39.2 Å². The predicted molar refractivity (Wildman–Crippen MR) is 134 cm³/mol. The Balaban J connectivity index is 0.00000841. The number of guanidine groups is 1. The summed E-state index contributed by atoms with van der Waals surface area (Å²) in [4.78, 5) is 16.7. The van der Waals surface area contributed by atoms with Gasteiger partial charge in [0.25, 0.3) is 0 Å². The maximum atomic E-state index is 12.1. The summed E-state index contributed by atoms with van der Waals surface area (Å²) in [5.74, 6) is 0.804. The van der Waals surface area contributed by atoms with E-state index in [1.807, 2.05) is 71.9 Å². The predicted octanol–water partition coefficient (Wildman–Crippen LogP) is 3.48. The molecule has 0 aromatic heterocycles. The SMILES string of the molecule is CCNC(=NCC(CO)c1ccccc1)NCC(NC(=O)OC(C)(C)C)C(C)C.I. The standard InChI is InChI=1S/C22H38N4O3.HI/c1-7-23-20(24-13-18(15-27)17-11-9-8-10-12-17)25-14-19(16(2)3)26-21(28)29-22(4,5)6;/h8-12,16,18-19,27H,7,13-15H2,1-6H3,(H,26,28)(H2,23,24,25);1H. The van der Waals surface area contributed by atoms with Crippen molar-refractivity contribution in [3.8, 4) is 0 Å². The maximum Gasteiger partial charge on any atom is 0.407 e. The number of nitrogens with one attached hydrogen (secondary N) is 3. The van der Waals surface area contributed by atoms with E-state index in [-0.39, 0.29) is 48.5 Å². The highest BCUT2D eigenvalue weighted by Gasteiger charge is 2.21. The quantitative estimate of drug-likeness (QED) is 0.221. The van der Waals surface area contributed by atoms with Crippen molar-refractivity contribution < 1.29 is 14.6 Å². The van der Waals surface area contributed by atoms with E-state index >= 15 is 0 Å². The molecule has 0 aliphatic rings. The van der Waals surface area contributed by atoms with Crippen molar-refractivity contribution in [1.29, 1.82) is 0 Å². The minimum Gasteiger partial charge on any atom is -0.444 e. The molecule has 172 valence electrons. The summed E-state index contributed by atoms with van der Waals surface area (Å²) >= 11 is 0. The molecule has 30 heavy (non-hydrogen) atoms. The van der Waals surface area contributed by atoms with Crippen LogP contribution in [0.15, 0.2) is 35.3 Å². The second-order valence-electron chi connectivity index (χ2n) is 8.39. The first-order chi connectivity index (χ1) is 13.7. The normalized spacial score (nSPS) is 13.8. The van der Waals surface area contributed by atoms with Crippen LogP contribution in [0.2, 0.25) is 0 Å². The first-order valence-corrected chi connectivity index (χ1v) is 10.3. The van der Waals surface area contributed by atoms with Crippen molar-refractivity contribution in [3.63, 3.8) is 0 Å². The van der Waals surface area contributed by atoms with Gasteiger partial charge in [0.2, 0.25) is 0 Å². The molecule has 0 spiro atoms. The van der Waals surface area contributed by atoms with E-state index in [0.717, 1.165) is 5.56 Å². The Morgan fingerprint density at radius 3 is 2.30 bits per heavy atom. The van der Waals surface area contributed by atoms with Crippen molar-refractivity contribution in [2.24, 2.45) is 10.9 Å². The summed E-state index contributed by atoms with van der Waals surface area (Å²) in [5.41, 5.74) is 0.521. The largest absolute Gasteiger partial charge is 0.444 e. The van der Waals surface area contributed by atoms with Gasteiger partial charge in [-0.3, -0.25) is 4.99 Å². The van der Waals surface area contributed by atoms with Crippen molar-refractivity contribution in [2.45, 2.75) is 59.1 Å². The monoisotopic (exact) mass is 534 g/mol. The summed E-state index contributed by atoms with van der Waals surface area (Å²) < 4.78 is 5.36. The lowest BCUT2D eigenvalue weighted by Crippen LogP contribution is -2.50. The zero-order valence-electron chi connectivity index (χ0n) is 19.1. The highest BCUT2D eigenvalue weighted by Crippen LogP contribution is 2.15. The summed E-state index contributed by atoms with van der Waals surface area (Å²) in [5, 5.41) is 19.2. The Bertz CT molecular complexity index is 633. The second-order valence-corrected chi connectivity index (χ2v) is 8.39. The van der Waals surface area contributed by atoms with E-state index in [4.69, 9.17) is 4.74 Å². The summed E-state index contributed by atoms with van der Waals surface area (Å²) in [7, 11) is 0. The molecule has 0 saturated heterocycles. The molecule has 1 aromatic rings. The third-order valence-electron chi connectivity index (χ3n) is 4.30. The van der Waals surface area contributed by atoms with Crippen molar-refractivity contribution in [2.75, 3.05) is 26.2 Å². The zero-order chi connectivity index (χ0) is 21.9. The molecule has 1 aromatic carbocycles. The third-order valence-corrected chi connectivity index (χ3v) is 4.30. The van der Waals surface area contributed by atoms with Gasteiger partial charge in [0.15, 0.2) is 5.96 Å². The molecule has 0 bridgehead atoms. The van der Waals surface area contributed by atoms with Gasteiger partial charge in [0, 0.05) is 19.0 Å². The van der Waals surface area contributed by atoms with Gasteiger partial charge in [0.1, 0.15) is 5.60 Å². The van der Waals surface area contributed by atoms with Gasteiger partial charge >= 0.3 is 6.09 Å². The number of amides is 1. The molecule has 0 aliphatic heterocycles. The van der Waals surface area contributed by atoms with Crippen molar-refractivity contribution in [1.82, 2.24) is 16.0 Å². The average molecular weight is 534 g/mol. The average Bonchev–Trinajstić information content (AvgIpc) is 2.64. The Labute approximate surface area is 198 Å². The van der Waals surface area contributed by atoms with Crippen molar-refractivity contribution in [3.05, 3.63) is 35.9 Å². The van der Waals surface area contributed by atoms with E-state index in [0.29, 0.717) is 25.6 Å². The Hall–Kier alpha value is -1.55. The summed E-state index contributed by atoms with van der Waals surface area (Å²) in [6, 6.07) is 9.75. The lowest BCUT2D eigenvalue weighted by atomic mass is 10.0. The first kappa shape index (κ1) is 28.5. The van der Waals surface area contributed by atoms with Crippen molar-refractivity contribution >= 4 is 36.0 Å².